The van der Waals surface area contributed by atoms with Gasteiger partial charge in [0.15, 0.2) is 10.9 Å². The van der Waals surface area contributed by atoms with Gasteiger partial charge in [0.05, 0.1) is 20.9 Å². The highest BCUT2D eigenvalue weighted by Crippen LogP contribution is 2.31. The predicted octanol–water partition coefficient (Wildman–Crippen LogP) is 4.41. The molecule has 0 saturated heterocycles. The third kappa shape index (κ3) is 2.34. The van der Waals surface area contributed by atoms with Crippen molar-refractivity contribution in [2.45, 2.75) is 0 Å². The minimum Gasteiger partial charge on any atom is -0.399 e. The number of hydrogen-bond donors (Lipinski definition) is 2. The van der Waals surface area contributed by atoms with Crippen LogP contribution in [0.2, 0.25) is 5.02 Å². The predicted molar refractivity (Wildman–Crippen MR) is 78.7 cm³/mol. The normalized spacial score (nSPS) is 10.8. The second-order valence-electron chi connectivity index (χ2n) is 3.97. The van der Waals surface area contributed by atoms with E-state index in [1.165, 1.54) is 17.4 Å². The number of anilines is 3. The van der Waals surface area contributed by atoms with E-state index in [1.807, 2.05) is 12.1 Å². The second kappa shape index (κ2) is 4.68. The highest BCUT2D eigenvalue weighted by Gasteiger charge is 2.09. The van der Waals surface area contributed by atoms with E-state index in [1.54, 1.807) is 18.2 Å². The van der Waals surface area contributed by atoms with Crippen LogP contribution in [0.25, 0.3) is 10.2 Å². The molecule has 0 bridgehead atoms. The summed E-state index contributed by atoms with van der Waals surface area (Å²) >= 11 is 7.14. The van der Waals surface area contributed by atoms with Crippen molar-refractivity contribution in [2.75, 3.05) is 11.1 Å². The molecule has 96 valence electrons. The second-order valence-corrected chi connectivity index (χ2v) is 5.41. The molecule has 19 heavy (non-hydrogen) atoms. The number of nitrogens with zero attached hydrogens (tertiary/aromatic N) is 1. The molecule has 0 radical (unpaired) electrons. The molecule has 3 N–H and O–H groups in total. The number of nitrogens with one attached hydrogen (secondary N) is 1. The molecule has 0 spiro atoms. The first-order chi connectivity index (χ1) is 9.13. The third-order valence-electron chi connectivity index (χ3n) is 2.61. The van der Waals surface area contributed by atoms with Crippen LogP contribution < -0.4 is 11.1 Å². The van der Waals surface area contributed by atoms with Gasteiger partial charge in [0, 0.05) is 5.69 Å². The van der Waals surface area contributed by atoms with Crippen LogP contribution in [-0.2, 0) is 0 Å². The fourth-order valence-electron chi connectivity index (χ4n) is 1.71. The summed E-state index contributed by atoms with van der Waals surface area (Å²) < 4.78 is 14.7. The van der Waals surface area contributed by atoms with E-state index in [2.05, 4.69) is 10.3 Å². The largest absolute Gasteiger partial charge is 0.399 e. The first kappa shape index (κ1) is 12.2. The van der Waals surface area contributed by atoms with Gasteiger partial charge >= 0.3 is 0 Å². The highest BCUT2D eigenvalue weighted by atomic mass is 35.5. The molecule has 0 amide bonds. The Morgan fingerprint density at radius 2 is 2.11 bits per heavy atom. The lowest BCUT2D eigenvalue weighted by Gasteiger charge is -2.04. The summed E-state index contributed by atoms with van der Waals surface area (Å²) in [5.41, 5.74) is 7.52. The van der Waals surface area contributed by atoms with Crippen LogP contribution in [0.3, 0.4) is 0 Å². The number of rotatable bonds is 2. The number of nitrogen functional groups attached to an aromatic ring is 1. The molecule has 1 aromatic heterocycles. The number of nitrogens with two attached hydrogens (primary N) is 1. The quantitative estimate of drug-likeness (QED) is 0.688. The maximum atomic E-state index is 13.8. The van der Waals surface area contributed by atoms with Gasteiger partial charge in [-0.3, -0.25) is 0 Å². The Morgan fingerprint density at radius 1 is 1.26 bits per heavy atom. The summed E-state index contributed by atoms with van der Waals surface area (Å²) in [7, 11) is 0. The van der Waals surface area contributed by atoms with Crippen LogP contribution in [0, 0.1) is 5.82 Å². The van der Waals surface area contributed by atoms with Crippen molar-refractivity contribution >= 4 is 49.7 Å². The van der Waals surface area contributed by atoms with Gasteiger partial charge in [0.1, 0.15) is 0 Å². The van der Waals surface area contributed by atoms with Crippen molar-refractivity contribution in [2.24, 2.45) is 0 Å². The van der Waals surface area contributed by atoms with Gasteiger partial charge in [-0.25, -0.2) is 9.37 Å². The lowest BCUT2D eigenvalue weighted by molar-refractivity contribution is 0.632. The molecule has 0 unspecified atom stereocenters. The number of hydrogen-bond acceptors (Lipinski definition) is 4. The van der Waals surface area contributed by atoms with Gasteiger partial charge in [-0.2, -0.15) is 0 Å². The molecule has 0 atom stereocenters. The molecular weight excluding hydrogens is 285 g/mol. The molecule has 6 heteroatoms. The summed E-state index contributed by atoms with van der Waals surface area (Å²) in [5, 5.41) is 3.61. The van der Waals surface area contributed by atoms with Crippen LogP contribution in [0.4, 0.5) is 20.9 Å². The fourth-order valence-corrected chi connectivity index (χ4v) is 2.81. The number of fused-ring (bicyclic) bond motifs is 1. The van der Waals surface area contributed by atoms with Crippen LogP contribution in [0.5, 0.6) is 0 Å². The fraction of sp³-hybridized carbons (Fsp3) is 0. The molecule has 0 aliphatic carbocycles. The van der Waals surface area contributed by atoms with Gasteiger partial charge in [0.25, 0.3) is 0 Å². The van der Waals surface area contributed by atoms with Gasteiger partial charge < -0.3 is 11.1 Å². The number of thiazole rings is 1. The lowest BCUT2D eigenvalue weighted by Crippen LogP contribution is -1.93. The number of benzene rings is 2. The van der Waals surface area contributed by atoms with Crippen molar-refractivity contribution in [1.29, 1.82) is 0 Å². The molecule has 1 heterocycles. The van der Waals surface area contributed by atoms with Crippen LogP contribution in [0.1, 0.15) is 0 Å². The van der Waals surface area contributed by atoms with Crippen LogP contribution in [0.15, 0.2) is 36.4 Å². The molecule has 3 rings (SSSR count). The Hall–Kier alpha value is -1.85. The molecule has 0 fully saturated rings. The van der Waals surface area contributed by atoms with Crippen molar-refractivity contribution in [3.63, 3.8) is 0 Å². The Morgan fingerprint density at radius 3 is 2.95 bits per heavy atom. The van der Waals surface area contributed by atoms with E-state index in [0.717, 1.165) is 10.2 Å². The Bertz CT molecular complexity index is 757. The maximum absolute atomic E-state index is 13.8. The van der Waals surface area contributed by atoms with Crippen molar-refractivity contribution in [1.82, 2.24) is 4.98 Å². The van der Waals surface area contributed by atoms with E-state index < -0.39 is 5.82 Å². The van der Waals surface area contributed by atoms with Gasteiger partial charge in [0.2, 0.25) is 0 Å². The van der Waals surface area contributed by atoms with Crippen molar-refractivity contribution < 1.29 is 4.39 Å². The van der Waals surface area contributed by atoms with Crippen LogP contribution in [-0.4, -0.2) is 4.98 Å². The van der Waals surface area contributed by atoms with E-state index in [-0.39, 0.29) is 5.02 Å². The van der Waals surface area contributed by atoms with E-state index in [0.29, 0.717) is 16.5 Å². The maximum Gasteiger partial charge on any atom is 0.188 e. The Labute approximate surface area is 117 Å². The van der Waals surface area contributed by atoms with Crippen molar-refractivity contribution in [3.8, 4) is 0 Å². The lowest BCUT2D eigenvalue weighted by atomic mass is 10.3. The average molecular weight is 294 g/mol. The van der Waals surface area contributed by atoms with E-state index in [9.17, 15) is 4.39 Å². The molecule has 2 aromatic carbocycles. The summed E-state index contributed by atoms with van der Waals surface area (Å²) in [6.07, 6.45) is 0. The summed E-state index contributed by atoms with van der Waals surface area (Å²) in [5.74, 6) is -0.483. The minimum atomic E-state index is -0.483. The zero-order valence-electron chi connectivity index (χ0n) is 9.65. The van der Waals surface area contributed by atoms with Gasteiger partial charge in [-0.05, 0) is 30.3 Å². The highest BCUT2D eigenvalue weighted by molar-refractivity contribution is 7.22. The van der Waals surface area contributed by atoms with Crippen LogP contribution >= 0.6 is 22.9 Å². The third-order valence-corrected chi connectivity index (χ3v) is 3.83. The monoisotopic (exact) mass is 293 g/mol. The molecule has 0 aliphatic heterocycles. The zero-order chi connectivity index (χ0) is 13.4. The number of halogens is 2. The summed E-state index contributed by atoms with van der Waals surface area (Å²) in [6, 6.07) is 10.3. The summed E-state index contributed by atoms with van der Waals surface area (Å²) in [4.78, 5) is 4.36. The molecule has 3 nitrogen and oxygen atoms in total. The molecule has 3 aromatic rings. The minimum absolute atomic E-state index is 0.0790. The topological polar surface area (TPSA) is 50.9 Å². The van der Waals surface area contributed by atoms with Gasteiger partial charge in [-0.15, -0.1) is 0 Å². The Kier molecular flexibility index (Phi) is 3.00. The van der Waals surface area contributed by atoms with E-state index in [4.69, 9.17) is 17.3 Å². The Balaban J connectivity index is 1.99. The molecular formula is C13H9ClFN3S. The first-order valence-corrected chi connectivity index (χ1v) is 6.70. The van der Waals surface area contributed by atoms with E-state index >= 15 is 0 Å². The number of aromatic nitrogens is 1. The zero-order valence-corrected chi connectivity index (χ0v) is 11.2. The molecule has 0 aliphatic rings. The SMILES string of the molecule is Nc1ccc2nc(Nc3cccc(Cl)c3F)sc2c1. The average Bonchev–Trinajstić information content (AvgIpc) is 2.76. The molecule has 0 saturated carbocycles. The smallest absolute Gasteiger partial charge is 0.188 e. The van der Waals surface area contributed by atoms with Crippen molar-refractivity contribution in [3.05, 3.63) is 47.2 Å². The standard InChI is InChI=1S/C13H9ClFN3S/c14-8-2-1-3-10(12(8)15)18-13-17-9-5-4-7(16)6-11(9)19-13/h1-6H,16H2,(H,17,18). The first-order valence-electron chi connectivity index (χ1n) is 5.50. The van der Waals surface area contributed by atoms with Gasteiger partial charge in [-0.1, -0.05) is 29.0 Å². The summed E-state index contributed by atoms with van der Waals surface area (Å²) in [6.45, 7) is 0.